The number of carboxylic acids is 1. The van der Waals surface area contributed by atoms with E-state index in [1.165, 1.54) is 24.2 Å². The molecule has 5 nitrogen and oxygen atoms in total. The Bertz CT molecular complexity index is 332. The molecule has 1 aromatic rings. The molecule has 6 heteroatoms. The van der Waals surface area contributed by atoms with Crippen LogP contribution in [0.5, 0.6) is 0 Å². The van der Waals surface area contributed by atoms with Gasteiger partial charge in [-0.3, -0.25) is 4.79 Å². The van der Waals surface area contributed by atoms with E-state index in [2.05, 4.69) is 9.97 Å². The Morgan fingerprint density at radius 2 is 2.29 bits per heavy atom. The summed E-state index contributed by atoms with van der Waals surface area (Å²) in [6, 6.07) is 0. The van der Waals surface area contributed by atoms with Gasteiger partial charge in [-0.1, -0.05) is 6.92 Å². The maximum atomic E-state index is 10.5. The molecule has 0 amide bonds. The van der Waals surface area contributed by atoms with Crippen molar-refractivity contribution in [2.24, 2.45) is 5.92 Å². The fourth-order valence-electron chi connectivity index (χ4n) is 0.722. The second-order valence-corrected chi connectivity index (χ2v) is 3.81. The smallest absolute Gasteiger partial charge is 0.307 e. The van der Waals surface area contributed by atoms with E-state index in [0.29, 0.717) is 16.6 Å². The summed E-state index contributed by atoms with van der Waals surface area (Å²) in [5.41, 5.74) is 5.54. The van der Waals surface area contributed by atoms with E-state index in [-0.39, 0.29) is 0 Å². The van der Waals surface area contributed by atoms with Gasteiger partial charge in [-0.15, -0.1) is 11.8 Å². The van der Waals surface area contributed by atoms with Crippen molar-refractivity contribution >= 4 is 23.5 Å². The minimum Gasteiger partial charge on any atom is -0.481 e. The van der Waals surface area contributed by atoms with Crippen LogP contribution in [0.25, 0.3) is 0 Å². The third-order valence-electron chi connectivity index (χ3n) is 1.58. The highest BCUT2D eigenvalue weighted by Gasteiger charge is 2.12. The van der Waals surface area contributed by atoms with Crippen molar-refractivity contribution in [3.63, 3.8) is 0 Å². The van der Waals surface area contributed by atoms with Crippen LogP contribution < -0.4 is 5.73 Å². The van der Waals surface area contributed by atoms with Gasteiger partial charge in [0.15, 0.2) is 5.82 Å². The van der Waals surface area contributed by atoms with Gasteiger partial charge in [-0.2, -0.15) is 0 Å². The highest BCUT2D eigenvalue weighted by Crippen LogP contribution is 2.22. The largest absolute Gasteiger partial charge is 0.481 e. The first kappa shape index (κ1) is 10.8. The van der Waals surface area contributed by atoms with E-state index in [0.717, 1.165) is 0 Å². The van der Waals surface area contributed by atoms with Crippen LogP contribution >= 0.6 is 11.8 Å². The van der Waals surface area contributed by atoms with Crippen molar-refractivity contribution in [1.82, 2.24) is 9.97 Å². The number of thioether (sulfide) groups is 1. The normalized spacial score (nSPS) is 12.4. The lowest BCUT2D eigenvalue weighted by Crippen LogP contribution is -2.12. The zero-order chi connectivity index (χ0) is 10.6. The molecule has 1 heterocycles. The van der Waals surface area contributed by atoms with Crippen LogP contribution in [-0.2, 0) is 4.79 Å². The zero-order valence-corrected chi connectivity index (χ0v) is 8.49. The number of carboxylic acid groups (broad SMARTS) is 1. The van der Waals surface area contributed by atoms with Gasteiger partial charge in [-0.25, -0.2) is 9.97 Å². The summed E-state index contributed by atoms with van der Waals surface area (Å²) in [7, 11) is 0. The number of rotatable bonds is 4. The number of anilines is 1. The average molecular weight is 213 g/mol. The molecule has 3 N–H and O–H groups in total. The fraction of sp³-hybridized carbons (Fsp3) is 0.375. The Balaban J connectivity index is 2.54. The van der Waals surface area contributed by atoms with Crippen LogP contribution in [0.15, 0.2) is 17.4 Å². The van der Waals surface area contributed by atoms with Crippen LogP contribution in [0, 0.1) is 5.92 Å². The quantitative estimate of drug-likeness (QED) is 0.721. The summed E-state index contributed by atoms with van der Waals surface area (Å²) < 4.78 is 0. The predicted molar refractivity (Wildman–Crippen MR) is 54.0 cm³/mol. The molecular weight excluding hydrogens is 202 g/mol. The lowest BCUT2D eigenvalue weighted by atomic mass is 10.2. The molecule has 0 aliphatic heterocycles. The Labute approximate surface area is 85.7 Å². The van der Waals surface area contributed by atoms with Gasteiger partial charge >= 0.3 is 5.97 Å². The fourth-order valence-corrected chi connectivity index (χ4v) is 1.61. The van der Waals surface area contributed by atoms with E-state index in [1.54, 1.807) is 6.92 Å². The Morgan fingerprint density at radius 3 is 2.86 bits per heavy atom. The van der Waals surface area contributed by atoms with E-state index in [1.807, 2.05) is 0 Å². The SMILES string of the molecule is CC(CSc1nccnc1N)C(=O)O. The second-order valence-electron chi connectivity index (χ2n) is 2.80. The monoisotopic (exact) mass is 213 g/mol. The van der Waals surface area contributed by atoms with E-state index in [4.69, 9.17) is 10.8 Å². The Kier molecular flexibility index (Phi) is 3.70. The Morgan fingerprint density at radius 1 is 1.64 bits per heavy atom. The molecule has 0 saturated carbocycles. The van der Waals surface area contributed by atoms with Gasteiger partial charge in [-0.05, 0) is 0 Å². The number of aromatic nitrogens is 2. The number of nitrogens with zero attached hydrogens (tertiary/aromatic N) is 2. The van der Waals surface area contributed by atoms with E-state index < -0.39 is 11.9 Å². The molecule has 0 radical (unpaired) electrons. The van der Waals surface area contributed by atoms with Crippen molar-refractivity contribution in [3.8, 4) is 0 Å². The number of aliphatic carboxylic acids is 1. The maximum Gasteiger partial charge on any atom is 0.307 e. The van der Waals surface area contributed by atoms with Crippen molar-refractivity contribution in [2.75, 3.05) is 11.5 Å². The first-order valence-electron chi connectivity index (χ1n) is 4.03. The molecule has 0 aromatic carbocycles. The zero-order valence-electron chi connectivity index (χ0n) is 7.67. The highest BCUT2D eigenvalue weighted by molar-refractivity contribution is 7.99. The lowest BCUT2D eigenvalue weighted by molar-refractivity contribution is -0.140. The average Bonchev–Trinajstić information content (AvgIpc) is 2.16. The van der Waals surface area contributed by atoms with Gasteiger partial charge in [0.25, 0.3) is 0 Å². The molecule has 1 aromatic heterocycles. The van der Waals surface area contributed by atoms with Gasteiger partial charge in [0.1, 0.15) is 5.03 Å². The third-order valence-corrected chi connectivity index (χ3v) is 2.84. The first-order chi connectivity index (χ1) is 6.61. The number of carbonyl (C=O) groups is 1. The molecule has 0 bridgehead atoms. The number of hydrogen-bond acceptors (Lipinski definition) is 5. The lowest BCUT2D eigenvalue weighted by Gasteiger charge is -2.05. The molecule has 1 unspecified atom stereocenters. The molecule has 1 atom stereocenters. The molecule has 0 aliphatic carbocycles. The molecule has 0 fully saturated rings. The van der Waals surface area contributed by atoms with Crippen LogP contribution in [-0.4, -0.2) is 26.8 Å². The molecule has 0 saturated heterocycles. The summed E-state index contributed by atoms with van der Waals surface area (Å²) in [6.07, 6.45) is 3.03. The molecule has 0 spiro atoms. The summed E-state index contributed by atoms with van der Waals surface area (Å²) in [5.74, 6) is -0.449. The van der Waals surface area contributed by atoms with Crippen LogP contribution in [0.3, 0.4) is 0 Å². The Hall–Kier alpha value is -1.30. The standard InChI is InChI=1S/C8H11N3O2S/c1-5(8(12)13)4-14-7-6(9)10-2-3-11-7/h2-3,5H,4H2,1H3,(H2,9,10)(H,12,13). The second kappa shape index (κ2) is 4.80. The van der Waals surface area contributed by atoms with Crippen LogP contribution in [0.1, 0.15) is 6.92 Å². The van der Waals surface area contributed by atoms with Crippen LogP contribution in [0.2, 0.25) is 0 Å². The van der Waals surface area contributed by atoms with Crippen LogP contribution in [0.4, 0.5) is 5.82 Å². The number of hydrogen-bond donors (Lipinski definition) is 2. The summed E-state index contributed by atoms with van der Waals surface area (Å²) in [4.78, 5) is 18.4. The summed E-state index contributed by atoms with van der Waals surface area (Å²) in [6.45, 7) is 1.64. The van der Waals surface area contributed by atoms with Crippen molar-refractivity contribution in [3.05, 3.63) is 12.4 Å². The van der Waals surface area contributed by atoms with Crippen molar-refractivity contribution in [2.45, 2.75) is 11.9 Å². The molecule has 0 aliphatic rings. The minimum absolute atomic E-state index is 0.343. The molecule has 14 heavy (non-hydrogen) atoms. The topological polar surface area (TPSA) is 89.1 Å². The van der Waals surface area contributed by atoms with Gasteiger partial charge in [0.05, 0.1) is 5.92 Å². The third kappa shape index (κ3) is 2.88. The van der Waals surface area contributed by atoms with Gasteiger partial charge < -0.3 is 10.8 Å². The first-order valence-corrected chi connectivity index (χ1v) is 5.02. The van der Waals surface area contributed by atoms with Crippen molar-refractivity contribution in [1.29, 1.82) is 0 Å². The predicted octanol–water partition coefficient (Wildman–Crippen LogP) is 0.872. The summed E-state index contributed by atoms with van der Waals surface area (Å²) >= 11 is 1.30. The number of nitrogen functional groups attached to an aromatic ring is 1. The van der Waals surface area contributed by atoms with E-state index in [9.17, 15) is 4.79 Å². The molecule has 1 rings (SSSR count). The van der Waals surface area contributed by atoms with Gasteiger partial charge in [0.2, 0.25) is 0 Å². The minimum atomic E-state index is -0.819. The van der Waals surface area contributed by atoms with Gasteiger partial charge in [0, 0.05) is 18.1 Å². The highest BCUT2D eigenvalue weighted by atomic mass is 32.2. The molecule has 76 valence electrons. The number of nitrogens with two attached hydrogens (primary N) is 1. The summed E-state index contributed by atoms with van der Waals surface area (Å²) in [5, 5.41) is 9.23. The van der Waals surface area contributed by atoms with E-state index >= 15 is 0 Å². The van der Waals surface area contributed by atoms with Crippen molar-refractivity contribution < 1.29 is 9.90 Å². The maximum absolute atomic E-state index is 10.5. The molecular formula is C8H11N3O2S.